The molecule has 76 valence electrons. The Hall–Kier alpha value is -1.36. The monoisotopic (exact) mass is 212 g/mol. The molecule has 0 radical (unpaired) electrons. The summed E-state index contributed by atoms with van der Waals surface area (Å²) in [5.74, 6) is 0.313. The number of aromatic nitrogens is 1. The summed E-state index contributed by atoms with van der Waals surface area (Å²) in [6.45, 7) is 5.54. The van der Waals surface area contributed by atoms with Crippen molar-refractivity contribution in [2.45, 2.75) is 6.92 Å². The minimum absolute atomic E-state index is 0.313. The standard InChI is InChI=1S/C9H12N2O2S/c1-7(2)8-5-4-6-9(10-8)11-14(3,12)13/h4-6H,1H2,2-3H3,(H,10,11). The van der Waals surface area contributed by atoms with Crippen molar-refractivity contribution in [3.05, 3.63) is 30.5 Å². The zero-order valence-corrected chi connectivity index (χ0v) is 8.93. The predicted octanol–water partition coefficient (Wildman–Crippen LogP) is 1.49. The zero-order chi connectivity index (χ0) is 10.8. The van der Waals surface area contributed by atoms with Gasteiger partial charge < -0.3 is 0 Å². The zero-order valence-electron chi connectivity index (χ0n) is 8.11. The van der Waals surface area contributed by atoms with Crippen molar-refractivity contribution in [2.75, 3.05) is 11.0 Å². The number of anilines is 1. The van der Waals surface area contributed by atoms with Crippen molar-refractivity contribution in [1.82, 2.24) is 4.98 Å². The van der Waals surface area contributed by atoms with Crippen LogP contribution < -0.4 is 4.72 Å². The Kier molecular flexibility index (Phi) is 2.90. The molecule has 0 atom stereocenters. The summed E-state index contributed by atoms with van der Waals surface area (Å²) in [7, 11) is -3.26. The molecule has 0 saturated heterocycles. The van der Waals surface area contributed by atoms with Crippen LogP contribution in [0, 0.1) is 0 Å². The van der Waals surface area contributed by atoms with E-state index in [1.165, 1.54) is 0 Å². The van der Waals surface area contributed by atoms with Gasteiger partial charge in [0.15, 0.2) is 0 Å². The summed E-state index contributed by atoms with van der Waals surface area (Å²) < 4.78 is 24.1. The average Bonchev–Trinajstić information content (AvgIpc) is 2.01. The molecule has 0 bridgehead atoms. The molecule has 1 N–H and O–H groups in total. The maximum absolute atomic E-state index is 10.9. The molecule has 1 heterocycles. The molecule has 1 aromatic rings. The van der Waals surface area contributed by atoms with E-state index in [2.05, 4.69) is 16.3 Å². The Labute approximate surface area is 83.7 Å². The SMILES string of the molecule is C=C(C)c1cccc(NS(C)(=O)=O)n1. The first kappa shape index (κ1) is 10.7. The predicted molar refractivity (Wildman–Crippen MR) is 57.4 cm³/mol. The summed E-state index contributed by atoms with van der Waals surface area (Å²) in [5, 5.41) is 0. The quantitative estimate of drug-likeness (QED) is 0.825. The molecule has 0 aromatic carbocycles. The van der Waals surface area contributed by atoms with Crippen molar-refractivity contribution in [3.8, 4) is 0 Å². The van der Waals surface area contributed by atoms with Gasteiger partial charge >= 0.3 is 0 Å². The van der Waals surface area contributed by atoms with Crippen molar-refractivity contribution < 1.29 is 8.42 Å². The maximum atomic E-state index is 10.9. The highest BCUT2D eigenvalue weighted by Crippen LogP contribution is 2.12. The summed E-state index contributed by atoms with van der Waals surface area (Å²) >= 11 is 0. The molecule has 0 spiro atoms. The van der Waals surface area contributed by atoms with Gasteiger partial charge in [0, 0.05) is 0 Å². The molecule has 0 aliphatic carbocycles. The van der Waals surface area contributed by atoms with E-state index in [-0.39, 0.29) is 0 Å². The maximum Gasteiger partial charge on any atom is 0.230 e. The molecule has 0 aliphatic rings. The molecular weight excluding hydrogens is 200 g/mol. The lowest BCUT2D eigenvalue weighted by Gasteiger charge is -2.04. The van der Waals surface area contributed by atoms with Crippen LogP contribution in [-0.4, -0.2) is 19.7 Å². The topological polar surface area (TPSA) is 59.1 Å². The van der Waals surface area contributed by atoms with E-state index in [0.717, 1.165) is 11.8 Å². The van der Waals surface area contributed by atoms with E-state index in [4.69, 9.17) is 0 Å². The van der Waals surface area contributed by atoms with Gasteiger partial charge in [-0.15, -0.1) is 0 Å². The van der Waals surface area contributed by atoms with Crippen LogP contribution in [0.15, 0.2) is 24.8 Å². The Morgan fingerprint density at radius 2 is 2.14 bits per heavy atom. The van der Waals surface area contributed by atoms with E-state index in [9.17, 15) is 8.42 Å². The fourth-order valence-electron chi connectivity index (χ4n) is 0.919. The first-order valence-corrected chi connectivity index (χ1v) is 5.88. The molecule has 1 rings (SSSR count). The van der Waals surface area contributed by atoms with Crippen LogP contribution in [-0.2, 0) is 10.0 Å². The molecular formula is C9H12N2O2S. The van der Waals surface area contributed by atoms with Crippen LogP contribution in [0.5, 0.6) is 0 Å². The largest absolute Gasteiger partial charge is 0.268 e. The van der Waals surface area contributed by atoms with Gasteiger partial charge in [-0.3, -0.25) is 4.72 Å². The minimum atomic E-state index is -3.26. The van der Waals surface area contributed by atoms with Gasteiger partial charge in [-0.25, -0.2) is 13.4 Å². The lowest BCUT2D eigenvalue weighted by atomic mass is 10.2. The van der Waals surface area contributed by atoms with Gasteiger partial charge in [-0.1, -0.05) is 12.6 Å². The number of allylic oxidation sites excluding steroid dienone is 1. The van der Waals surface area contributed by atoms with Crippen molar-refractivity contribution in [2.24, 2.45) is 0 Å². The summed E-state index contributed by atoms with van der Waals surface area (Å²) in [6.07, 6.45) is 1.09. The van der Waals surface area contributed by atoms with Crippen LogP contribution in [0.25, 0.3) is 5.57 Å². The Balaban J connectivity index is 3.01. The molecule has 5 heteroatoms. The van der Waals surface area contributed by atoms with Crippen LogP contribution in [0.3, 0.4) is 0 Å². The van der Waals surface area contributed by atoms with Crippen LogP contribution in [0.1, 0.15) is 12.6 Å². The number of pyridine rings is 1. The van der Waals surface area contributed by atoms with E-state index >= 15 is 0 Å². The number of hydrogen-bond acceptors (Lipinski definition) is 3. The molecule has 0 fully saturated rings. The van der Waals surface area contributed by atoms with E-state index in [1.54, 1.807) is 18.2 Å². The first-order chi connectivity index (χ1) is 6.38. The number of hydrogen-bond donors (Lipinski definition) is 1. The fraction of sp³-hybridized carbons (Fsp3) is 0.222. The first-order valence-electron chi connectivity index (χ1n) is 3.99. The highest BCUT2D eigenvalue weighted by atomic mass is 32.2. The lowest BCUT2D eigenvalue weighted by Crippen LogP contribution is -2.11. The third kappa shape index (κ3) is 3.18. The second-order valence-electron chi connectivity index (χ2n) is 3.06. The molecule has 0 saturated carbocycles. The minimum Gasteiger partial charge on any atom is -0.268 e. The smallest absolute Gasteiger partial charge is 0.230 e. The van der Waals surface area contributed by atoms with Gasteiger partial charge in [-0.05, 0) is 24.6 Å². The van der Waals surface area contributed by atoms with Gasteiger partial charge in [0.25, 0.3) is 0 Å². The highest BCUT2D eigenvalue weighted by Gasteiger charge is 2.03. The van der Waals surface area contributed by atoms with Gasteiger partial charge in [0.2, 0.25) is 10.0 Å². The third-order valence-corrected chi connectivity index (χ3v) is 2.06. The van der Waals surface area contributed by atoms with Crippen LogP contribution in [0.4, 0.5) is 5.82 Å². The van der Waals surface area contributed by atoms with Crippen molar-refractivity contribution in [3.63, 3.8) is 0 Å². The van der Waals surface area contributed by atoms with E-state index < -0.39 is 10.0 Å². The molecule has 4 nitrogen and oxygen atoms in total. The van der Waals surface area contributed by atoms with E-state index in [0.29, 0.717) is 11.5 Å². The Bertz CT molecular complexity index is 452. The number of nitrogens with zero attached hydrogens (tertiary/aromatic N) is 1. The third-order valence-electron chi connectivity index (χ3n) is 1.48. The Morgan fingerprint density at radius 3 is 2.64 bits per heavy atom. The Morgan fingerprint density at radius 1 is 1.50 bits per heavy atom. The molecule has 1 aromatic heterocycles. The second kappa shape index (κ2) is 3.79. The normalized spacial score (nSPS) is 11.0. The number of sulfonamides is 1. The summed E-state index contributed by atoms with van der Waals surface area (Å²) in [6, 6.07) is 5.09. The average molecular weight is 212 g/mol. The fourth-order valence-corrected chi connectivity index (χ4v) is 1.41. The van der Waals surface area contributed by atoms with Crippen LogP contribution in [0.2, 0.25) is 0 Å². The summed E-state index contributed by atoms with van der Waals surface area (Å²) in [5.41, 5.74) is 1.47. The summed E-state index contributed by atoms with van der Waals surface area (Å²) in [4.78, 5) is 4.07. The number of rotatable bonds is 3. The van der Waals surface area contributed by atoms with Gasteiger partial charge in [0.05, 0.1) is 11.9 Å². The van der Waals surface area contributed by atoms with Gasteiger partial charge in [-0.2, -0.15) is 0 Å². The molecule has 0 unspecified atom stereocenters. The van der Waals surface area contributed by atoms with E-state index in [1.807, 2.05) is 6.92 Å². The number of nitrogens with one attached hydrogen (secondary N) is 1. The highest BCUT2D eigenvalue weighted by molar-refractivity contribution is 7.92. The molecule has 14 heavy (non-hydrogen) atoms. The molecule has 0 amide bonds. The van der Waals surface area contributed by atoms with Crippen molar-refractivity contribution >= 4 is 21.4 Å². The van der Waals surface area contributed by atoms with Crippen molar-refractivity contribution in [1.29, 1.82) is 0 Å². The van der Waals surface area contributed by atoms with Gasteiger partial charge in [0.1, 0.15) is 5.82 Å². The second-order valence-corrected chi connectivity index (χ2v) is 4.81. The lowest BCUT2D eigenvalue weighted by molar-refractivity contribution is 0.606. The molecule has 0 aliphatic heterocycles. The van der Waals surface area contributed by atoms with Crippen LogP contribution >= 0.6 is 0 Å².